The van der Waals surface area contributed by atoms with E-state index < -0.39 is 27.2 Å². The maximum absolute atomic E-state index is 12.6. The number of non-ortho nitro benzene ring substituents is 2. The van der Waals surface area contributed by atoms with E-state index in [1.807, 2.05) is 27.7 Å². The van der Waals surface area contributed by atoms with Crippen LogP contribution in [0.4, 0.5) is 11.4 Å². The molecule has 0 radical (unpaired) electrons. The topological polar surface area (TPSA) is 140 Å². The fraction of sp³-hybridized carbons (Fsp3) is 0.519. The van der Waals surface area contributed by atoms with Crippen LogP contribution in [0.25, 0.3) is 0 Å². The summed E-state index contributed by atoms with van der Waals surface area (Å²) in [4.78, 5) is 33.3. The number of ether oxygens (including phenoxy) is 4. The molecule has 204 valence electrons. The molecular formula is C27H32N2O9. The molecule has 2 aliphatic rings. The van der Waals surface area contributed by atoms with Crippen LogP contribution in [-0.4, -0.2) is 40.7 Å². The fourth-order valence-electron chi connectivity index (χ4n) is 4.96. The van der Waals surface area contributed by atoms with Crippen molar-refractivity contribution in [3.8, 4) is 17.2 Å². The van der Waals surface area contributed by atoms with Crippen molar-refractivity contribution < 1.29 is 33.6 Å². The van der Waals surface area contributed by atoms with E-state index in [2.05, 4.69) is 0 Å². The summed E-state index contributed by atoms with van der Waals surface area (Å²) < 4.78 is 24.1. The van der Waals surface area contributed by atoms with Gasteiger partial charge >= 0.3 is 5.97 Å². The van der Waals surface area contributed by atoms with Crippen molar-refractivity contribution in [2.75, 3.05) is 13.7 Å². The summed E-state index contributed by atoms with van der Waals surface area (Å²) in [6.07, 6.45) is 4.19. The normalized spacial score (nSPS) is 16.8. The standard InChI is InChI=1S/C27H32N2O9/c1-26(2)10-8-20-22(35-5)21-9-11-27(3,4)38-24(21)19(23(20)37-26)7-6-12-36-25(30)16-13-17(28(31)32)15-18(14-16)29(33)34/h13-15H,6-12H2,1-5H3. The fourth-order valence-corrected chi connectivity index (χ4v) is 4.96. The molecular weight excluding hydrogens is 496 g/mol. The summed E-state index contributed by atoms with van der Waals surface area (Å²) in [6.45, 7) is 8.15. The molecule has 0 saturated heterocycles. The molecule has 0 amide bonds. The quantitative estimate of drug-likeness (QED) is 0.188. The molecule has 0 N–H and O–H groups in total. The Morgan fingerprint density at radius 2 is 1.42 bits per heavy atom. The average molecular weight is 529 g/mol. The number of rotatable bonds is 8. The van der Waals surface area contributed by atoms with Gasteiger partial charge in [-0.15, -0.1) is 0 Å². The molecule has 0 spiro atoms. The second-order valence-corrected chi connectivity index (χ2v) is 10.8. The lowest BCUT2D eigenvalue weighted by Gasteiger charge is -2.40. The molecule has 11 nitrogen and oxygen atoms in total. The van der Waals surface area contributed by atoms with E-state index in [0.717, 1.165) is 77.8 Å². The first-order valence-electron chi connectivity index (χ1n) is 12.6. The Labute approximate surface area is 220 Å². The van der Waals surface area contributed by atoms with Crippen molar-refractivity contribution in [1.82, 2.24) is 0 Å². The van der Waals surface area contributed by atoms with Crippen LogP contribution in [0.5, 0.6) is 17.2 Å². The smallest absolute Gasteiger partial charge is 0.338 e. The van der Waals surface area contributed by atoms with Gasteiger partial charge in [-0.25, -0.2) is 4.79 Å². The number of methoxy groups -OCH3 is 1. The lowest BCUT2D eigenvalue weighted by molar-refractivity contribution is -0.394. The predicted octanol–water partition coefficient (Wildman–Crippen LogP) is 5.51. The minimum absolute atomic E-state index is 0.00230. The summed E-state index contributed by atoms with van der Waals surface area (Å²) in [6, 6.07) is 2.74. The highest BCUT2D eigenvalue weighted by Crippen LogP contribution is 2.51. The van der Waals surface area contributed by atoms with Gasteiger partial charge in [-0.1, -0.05) is 0 Å². The van der Waals surface area contributed by atoms with Gasteiger partial charge < -0.3 is 18.9 Å². The van der Waals surface area contributed by atoms with Crippen LogP contribution < -0.4 is 14.2 Å². The predicted molar refractivity (Wildman–Crippen MR) is 137 cm³/mol. The van der Waals surface area contributed by atoms with Crippen LogP contribution in [0.3, 0.4) is 0 Å². The average Bonchev–Trinajstić information content (AvgIpc) is 2.84. The van der Waals surface area contributed by atoms with Crippen molar-refractivity contribution in [1.29, 1.82) is 0 Å². The number of nitrogens with zero attached hydrogens (tertiary/aromatic N) is 2. The zero-order chi connectivity index (χ0) is 27.8. The minimum Gasteiger partial charge on any atom is -0.496 e. The third kappa shape index (κ3) is 5.51. The van der Waals surface area contributed by atoms with E-state index in [-0.39, 0.29) is 23.4 Å². The second kappa shape index (κ2) is 10.1. The molecule has 0 aliphatic carbocycles. The zero-order valence-electron chi connectivity index (χ0n) is 22.3. The first-order chi connectivity index (χ1) is 17.8. The van der Waals surface area contributed by atoms with Gasteiger partial charge in [0, 0.05) is 28.8 Å². The van der Waals surface area contributed by atoms with E-state index in [0.29, 0.717) is 12.8 Å². The van der Waals surface area contributed by atoms with Crippen molar-refractivity contribution in [3.05, 3.63) is 60.7 Å². The Balaban J connectivity index is 1.57. The second-order valence-electron chi connectivity index (χ2n) is 10.8. The number of esters is 1. The van der Waals surface area contributed by atoms with Gasteiger partial charge in [-0.3, -0.25) is 20.2 Å². The molecule has 2 aromatic rings. The molecule has 0 bridgehead atoms. The Morgan fingerprint density at radius 3 is 1.87 bits per heavy atom. The third-order valence-electron chi connectivity index (χ3n) is 6.92. The van der Waals surface area contributed by atoms with Gasteiger partial charge in [0.1, 0.15) is 28.5 Å². The molecule has 0 aromatic heterocycles. The van der Waals surface area contributed by atoms with E-state index in [1.54, 1.807) is 7.11 Å². The molecule has 0 fully saturated rings. The maximum Gasteiger partial charge on any atom is 0.338 e. The van der Waals surface area contributed by atoms with E-state index in [9.17, 15) is 25.0 Å². The van der Waals surface area contributed by atoms with Gasteiger partial charge in [0.05, 0.1) is 35.2 Å². The van der Waals surface area contributed by atoms with Crippen LogP contribution in [-0.2, 0) is 24.0 Å². The largest absolute Gasteiger partial charge is 0.496 e. The van der Waals surface area contributed by atoms with Crippen LogP contribution in [0.2, 0.25) is 0 Å². The highest BCUT2D eigenvalue weighted by Gasteiger charge is 2.38. The summed E-state index contributed by atoms with van der Waals surface area (Å²) >= 11 is 0. The Hall–Kier alpha value is -3.89. The lowest BCUT2D eigenvalue weighted by atomic mass is 9.85. The van der Waals surface area contributed by atoms with Gasteiger partial charge in [-0.05, 0) is 66.2 Å². The number of fused-ring (bicyclic) bond motifs is 2. The lowest BCUT2D eigenvalue weighted by Crippen LogP contribution is -2.36. The molecule has 0 saturated carbocycles. The van der Waals surface area contributed by atoms with Crippen molar-refractivity contribution in [3.63, 3.8) is 0 Å². The van der Waals surface area contributed by atoms with Gasteiger partial charge in [0.15, 0.2) is 0 Å². The van der Waals surface area contributed by atoms with E-state index in [4.69, 9.17) is 18.9 Å². The first-order valence-corrected chi connectivity index (χ1v) is 12.6. The number of benzene rings is 2. The molecule has 0 unspecified atom stereocenters. The SMILES string of the molecule is COc1c2c(c(CCCOC(=O)c3cc([N+](=O)[O-])cc([N+](=O)[O-])c3)c3c1CCC(C)(C)O3)OC(C)(C)CC2. The summed E-state index contributed by atoms with van der Waals surface area (Å²) in [5.41, 5.74) is 0.848. The molecule has 38 heavy (non-hydrogen) atoms. The van der Waals surface area contributed by atoms with Crippen LogP contribution in [0, 0.1) is 20.2 Å². The van der Waals surface area contributed by atoms with E-state index >= 15 is 0 Å². The number of nitro groups is 2. The number of hydrogen-bond acceptors (Lipinski definition) is 9. The molecule has 0 atom stereocenters. The molecule has 2 heterocycles. The molecule has 4 rings (SSSR count). The molecule has 11 heteroatoms. The monoisotopic (exact) mass is 528 g/mol. The molecule has 2 aromatic carbocycles. The van der Waals surface area contributed by atoms with Crippen LogP contribution in [0.1, 0.15) is 74.0 Å². The summed E-state index contributed by atoms with van der Waals surface area (Å²) in [5.74, 6) is 1.43. The molecule has 2 aliphatic heterocycles. The van der Waals surface area contributed by atoms with Crippen molar-refractivity contribution >= 4 is 17.3 Å². The summed E-state index contributed by atoms with van der Waals surface area (Å²) in [7, 11) is 1.66. The highest BCUT2D eigenvalue weighted by molar-refractivity contribution is 5.91. The Kier molecular flexibility index (Phi) is 7.22. The van der Waals surface area contributed by atoms with E-state index in [1.165, 1.54) is 0 Å². The number of carbonyl (C=O) groups is 1. The van der Waals surface area contributed by atoms with Crippen molar-refractivity contribution in [2.24, 2.45) is 0 Å². The zero-order valence-corrected chi connectivity index (χ0v) is 22.3. The highest BCUT2D eigenvalue weighted by atomic mass is 16.6. The Bertz CT molecular complexity index is 1220. The minimum atomic E-state index is -0.870. The van der Waals surface area contributed by atoms with Gasteiger partial charge in [0.2, 0.25) is 0 Å². The maximum atomic E-state index is 12.6. The number of nitro benzene ring substituents is 2. The third-order valence-corrected chi connectivity index (χ3v) is 6.92. The summed E-state index contributed by atoms with van der Waals surface area (Å²) in [5, 5.41) is 22.3. The Morgan fingerprint density at radius 1 is 0.921 bits per heavy atom. The number of hydrogen-bond donors (Lipinski definition) is 0. The van der Waals surface area contributed by atoms with Crippen molar-refractivity contribution in [2.45, 2.75) is 77.4 Å². The first kappa shape index (κ1) is 27.2. The van der Waals surface area contributed by atoms with Gasteiger partial charge in [0.25, 0.3) is 11.4 Å². The van der Waals surface area contributed by atoms with Crippen LogP contribution in [0.15, 0.2) is 18.2 Å². The van der Waals surface area contributed by atoms with Gasteiger partial charge in [-0.2, -0.15) is 0 Å². The van der Waals surface area contributed by atoms with Crippen LogP contribution >= 0.6 is 0 Å². The number of carbonyl (C=O) groups excluding carboxylic acids is 1.